The second-order valence-corrected chi connectivity index (χ2v) is 11.8. The molecule has 0 bridgehead atoms. The van der Waals surface area contributed by atoms with E-state index in [4.69, 9.17) is 4.74 Å². The number of hydrogen-bond donors (Lipinski definition) is 1. The van der Waals surface area contributed by atoms with Gasteiger partial charge >= 0.3 is 6.18 Å². The van der Waals surface area contributed by atoms with E-state index in [9.17, 15) is 23.1 Å². The van der Waals surface area contributed by atoms with Crippen molar-refractivity contribution in [3.63, 3.8) is 0 Å². The number of hydrogen-bond acceptors (Lipinski definition) is 8. The third kappa shape index (κ3) is 7.45. The molecule has 3 heterocycles. The summed E-state index contributed by atoms with van der Waals surface area (Å²) >= 11 is 0. The van der Waals surface area contributed by atoms with Gasteiger partial charge in [0.1, 0.15) is 12.4 Å². The van der Waals surface area contributed by atoms with Gasteiger partial charge in [0.15, 0.2) is 0 Å². The number of amides is 1. The van der Waals surface area contributed by atoms with Gasteiger partial charge in [-0.05, 0) is 46.2 Å². The molecule has 2 aliphatic heterocycles. The molecule has 10 nitrogen and oxygen atoms in total. The fourth-order valence-electron chi connectivity index (χ4n) is 7.01. The number of carbonyl (C=O) groups excluding carboxylic acids is 1. The molecule has 48 heavy (non-hydrogen) atoms. The molecule has 2 saturated heterocycles. The van der Waals surface area contributed by atoms with Gasteiger partial charge < -0.3 is 14.7 Å². The SMILES string of the molecule is COc1ccc(-n2nnnc2C(F)(F)F)c(C)c1CN1C[C@@H]2CN(C(=O)CO)CCN2[C@H](C(c2ccccc2)c2ccccc2)C1.Cl.Cl. The van der Waals surface area contributed by atoms with Gasteiger partial charge in [0.25, 0.3) is 5.82 Å². The molecule has 15 heteroatoms. The van der Waals surface area contributed by atoms with Crippen LogP contribution in [-0.4, -0.2) is 104 Å². The summed E-state index contributed by atoms with van der Waals surface area (Å²) in [7, 11) is 1.54. The Morgan fingerprint density at radius 2 is 1.60 bits per heavy atom. The van der Waals surface area contributed by atoms with Gasteiger partial charge in [-0.25, -0.2) is 0 Å². The van der Waals surface area contributed by atoms with E-state index in [0.717, 1.165) is 10.2 Å². The Bertz CT molecular complexity index is 1620. The highest BCUT2D eigenvalue weighted by molar-refractivity contribution is 5.85. The summed E-state index contributed by atoms with van der Waals surface area (Å²) < 4.78 is 47.7. The average Bonchev–Trinajstić information content (AvgIpc) is 3.57. The molecule has 0 aliphatic carbocycles. The minimum absolute atomic E-state index is 0. The van der Waals surface area contributed by atoms with Crippen molar-refractivity contribution >= 4 is 30.7 Å². The molecule has 1 N–H and O–H groups in total. The Hall–Kier alpha value is -3.75. The lowest BCUT2D eigenvalue weighted by atomic mass is 9.81. The molecule has 0 saturated carbocycles. The molecule has 2 atom stereocenters. The summed E-state index contributed by atoms with van der Waals surface area (Å²) in [6.07, 6.45) is -4.73. The number of halogens is 5. The van der Waals surface area contributed by atoms with Gasteiger partial charge in [0, 0.05) is 62.8 Å². The Morgan fingerprint density at radius 3 is 2.19 bits per heavy atom. The van der Waals surface area contributed by atoms with Crippen molar-refractivity contribution < 1.29 is 27.8 Å². The third-order valence-corrected chi connectivity index (χ3v) is 9.14. The number of aliphatic hydroxyl groups excluding tert-OH is 1. The summed E-state index contributed by atoms with van der Waals surface area (Å²) in [6.45, 7) is 4.49. The topological polar surface area (TPSA) is 99.8 Å². The molecule has 4 aromatic rings. The Morgan fingerprint density at radius 1 is 0.958 bits per heavy atom. The molecule has 258 valence electrons. The van der Waals surface area contributed by atoms with Crippen LogP contribution in [0.4, 0.5) is 13.2 Å². The van der Waals surface area contributed by atoms with Gasteiger partial charge in [-0.2, -0.15) is 17.9 Å². The molecular weight excluding hydrogens is 670 g/mol. The number of tetrazole rings is 1. The second kappa shape index (κ2) is 15.6. The monoisotopic (exact) mass is 707 g/mol. The smallest absolute Gasteiger partial charge is 0.453 e. The van der Waals surface area contributed by atoms with E-state index in [-0.39, 0.29) is 54.4 Å². The maximum atomic E-state index is 13.7. The number of alkyl halides is 3. The van der Waals surface area contributed by atoms with Gasteiger partial charge in [-0.1, -0.05) is 60.7 Å². The molecule has 3 aromatic carbocycles. The van der Waals surface area contributed by atoms with Crippen molar-refractivity contribution in [2.75, 3.05) is 46.4 Å². The predicted molar refractivity (Wildman–Crippen MR) is 178 cm³/mol. The van der Waals surface area contributed by atoms with Crippen molar-refractivity contribution in [1.82, 2.24) is 34.9 Å². The zero-order valence-corrected chi connectivity index (χ0v) is 28.1. The minimum atomic E-state index is -4.73. The number of piperazine rings is 2. The van der Waals surface area contributed by atoms with Crippen LogP contribution in [0.25, 0.3) is 5.69 Å². The van der Waals surface area contributed by atoms with E-state index >= 15 is 0 Å². The lowest BCUT2D eigenvalue weighted by Gasteiger charge is -2.53. The quantitative estimate of drug-likeness (QED) is 0.289. The number of nitrogens with zero attached hydrogens (tertiary/aromatic N) is 7. The van der Waals surface area contributed by atoms with Crippen molar-refractivity contribution in [2.24, 2.45) is 0 Å². The number of benzene rings is 3. The number of ether oxygens (including phenoxy) is 1. The van der Waals surface area contributed by atoms with Crippen LogP contribution in [0.1, 0.15) is 34.0 Å². The Balaban J connectivity index is 0.00000260. The van der Waals surface area contributed by atoms with Crippen molar-refractivity contribution in [1.29, 1.82) is 0 Å². The van der Waals surface area contributed by atoms with Crippen molar-refractivity contribution in [3.8, 4) is 11.4 Å². The molecule has 1 aromatic heterocycles. The van der Waals surface area contributed by atoms with Crippen LogP contribution in [-0.2, 0) is 17.5 Å². The van der Waals surface area contributed by atoms with Gasteiger partial charge in [-0.3, -0.25) is 14.6 Å². The van der Waals surface area contributed by atoms with Crippen LogP contribution in [0.3, 0.4) is 0 Å². The fourth-order valence-corrected chi connectivity index (χ4v) is 7.01. The van der Waals surface area contributed by atoms with Crippen molar-refractivity contribution in [3.05, 3.63) is 101 Å². The van der Waals surface area contributed by atoms with Crippen LogP contribution in [0.15, 0.2) is 72.8 Å². The Labute approximate surface area is 289 Å². The molecule has 2 fully saturated rings. The number of methoxy groups -OCH3 is 1. The molecule has 6 rings (SSSR count). The maximum Gasteiger partial charge on any atom is 0.453 e. The van der Waals surface area contributed by atoms with Crippen LogP contribution in [0.5, 0.6) is 5.75 Å². The molecular formula is C33H38Cl2F3N7O3. The molecule has 0 radical (unpaired) electrons. The summed E-state index contributed by atoms with van der Waals surface area (Å²) in [5.74, 6) is -0.948. The van der Waals surface area contributed by atoms with E-state index in [2.05, 4.69) is 49.6 Å². The lowest BCUT2D eigenvalue weighted by molar-refractivity contribution is -0.146. The van der Waals surface area contributed by atoms with Crippen LogP contribution in [0.2, 0.25) is 0 Å². The Kier molecular flexibility index (Phi) is 12.1. The average molecular weight is 709 g/mol. The second-order valence-electron chi connectivity index (χ2n) is 11.8. The molecule has 1 amide bonds. The van der Waals surface area contributed by atoms with E-state index < -0.39 is 18.6 Å². The van der Waals surface area contributed by atoms with Gasteiger partial charge in [0.05, 0.1) is 12.8 Å². The van der Waals surface area contributed by atoms with E-state index in [1.54, 1.807) is 17.9 Å². The largest absolute Gasteiger partial charge is 0.496 e. The first-order chi connectivity index (χ1) is 22.2. The summed E-state index contributed by atoms with van der Waals surface area (Å²) in [6, 6.07) is 23.8. The molecule has 0 unspecified atom stereocenters. The third-order valence-electron chi connectivity index (χ3n) is 9.14. The van der Waals surface area contributed by atoms with E-state index in [0.29, 0.717) is 50.6 Å². The first kappa shape index (κ1) is 37.1. The predicted octanol–water partition coefficient (Wildman–Crippen LogP) is 4.36. The van der Waals surface area contributed by atoms with E-state index in [1.165, 1.54) is 24.3 Å². The van der Waals surface area contributed by atoms with E-state index in [1.807, 2.05) is 36.4 Å². The van der Waals surface area contributed by atoms with Crippen LogP contribution >= 0.6 is 24.8 Å². The first-order valence-corrected chi connectivity index (χ1v) is 15.2. The van der Waals surface area contributed by atoms with Crippen LogP contribution in [0, 0.1) is 6.92 Å². The van der Waals surface area contributed by atoms with Gasteiger partial charge in [0.2, 0.25) is 5.91 Å². The summed E-state index contributed by atoms with van der Waals surface area (Å²) in [5, 5.41) is 19.8. The number of rotatable bonds is 8. The van der Waals surface area contributed by atoms with Crippen molar-refractivity contribution in [2.45, 2.75) is 37.6 Å². The zero-order chi connectivity index (χ0) is 32.4. The lowest BCUT2D eigenvalue weighted by Crippen LogP contribution is -2.67. The maximum absolute atomic E-state index is 13.7. The summed E-state index contributed by atoms with van der Waals surface area (Å²) in [5.41, 5.74) is 3.85. The first-order valence-electron chi connectivity index (χ1n) is 15.2. The number of aliphatic hydroxyl groups is 1. The highest BCUT2D eigenvalue weighted by atomic mass is 35.5. The highest BCUT2D eigenvalue weighted by Gasteiger charge is 2.43. The number of aromatic nitrogens is 4. The molecule has 0 spiro atoms. The normalized spacial score (nSPS) is 18.5. The fraction of sp³-hybridized carbons (Fsp3) is 0.394. The minimum Gasteiger partial charge on any atom is -0.496 e. The zero-order valence-electron chi connectivity index (χ0n) is 26.5. The van der Waals surface area contributed by atoms with Gasteiger partial charge in [-0.15, -0.1) is 29.9 Å². The summed E-state index contributed by atoms with van der Waals surface area (Å²) in [4.78, 5) is 19.1. The number of fused-ring (bicyclic) bond motifs is 1. The van der Waals surface area contributed by atoms with Crippen LogP contribution < -0.4 is 4.74 Å². The standard InChI is InChI=1S/C33H36F3N7O3.2ClH/c1-22-26(29(46-2)14-13-27(22)43-32(33(34,35)36)37-38-39-43)19-40-17-25-18-41(30(45)21-44)15-16-42(25)28(20-40)31(23-9-5-3-6-10-23)24-11-7-4-8-12-24;;/h3-14,25,28,31,44H,15-21H2,1-2H3;2*1H/t25-,28+;;/m1../s1. The highest BCUT2D eigenvalue weighted by Crippen LogP contribution is 2.38. The number of carbonyl (C=O) groups is 1. The molecule has 2 aliphatic rings.